The minimum atomic E-state index is -2.59. The molecule has 61 heavy (non-hydrogen) atoms. The molecule has 4 aromatic rings. The van der Waals surface area contributed by atoms with Gasteiger partial charge in [0.15, 0.2) is 5.60 Å². The molecular formula is C48H60N4O8Si. The topological polar surface area (TPSA) is 141 Å². The van der Waals surface area contributed by atoms with Crippen LogP contribution in [0.5, 0.6) is 11.5 Å². The van der Waals surface area contributed by atoms with Crippen molar-refractivity contribution in [3.63, 3.8) is 0 Å². The van der Waals surface area contributed by atoms with Crippen LogP contribution in [0, 0.1) is 5.92 Å². The van der Waals surface area contributed by atoms with Crippen molar-refractivity contribution in [1.29, 1.82) is 0 Å². The zero-order chi connectivity index (χ0) is 43.5. The summed E-state index contributed by atoms with van der Waals surface area (Å²) >= 11 is 0. The molecule has 13 heteroatoms. The van der Waals surface area contributed by atoms with E-state index in [1.807, 2.05) is 85.8 Å². The number of carbonyl (C=O) groups excluding carboxylic acids is 3. The van der Waals surface area contributed by atoms with Crippen molar-refractivity contribution in [1.82, 2.24) is 10.2 Å². The number of nitrogens with one attached hydrogen (secondary N) is 1. The molecule has 4 aromatic carbocycles. The van der Waals surface area contributed by atoms with Crippen LogP contribution in [0.2, 0.25) is 18.6 Å². The van der Waals surface area contributed by atoms with E-state index in [1.54, 1.807) is 28.9 Å². The van der Waals surface area contributed by atoms with Gasteiger partial charge < -0.3 is 39.5 Å². The lowest BCUT2D eigenvalue weighted by molar-refractivity contribution is -0.149. The van der Waals surface area contributed by atoms with Gasteiger partial charge in [0.2, 0.25) is 11.8 Å². The number of fused-ring (bicyclic) bond motifs is 3. The summed E-state index contributed by atoms with van der Waals surface area (Å²) in [7, 11) is 0.816. The zero-order valence-corrected chi connectivity index (χ0v) is 37.2. The molecule has 3 amide bonds. The average Bonchev–Trinajstić information content (AvgIpc) is 3.67. The zero-order valence-electron chi connectivity index (χ0n) is 36.2. The summed E-state index contributed by atoms with van der Waals surface area (Å²) in [5.74, 6) is 0.596. The molecule has 3 heterocycles. The average molecular weight is 849 g/mol. The molecule has 1 fully saturated rings. The lowest BCUT2D eigenvalue weighted by Gasteiger charge is -2.37. The van der Waals surface area contributed by atoms with Gasteiger partial charge in [-0.2, -0.15) is 0 Å². The number of anilines is 3. The van der Waals surface area contributed by atoms with Gasteiger partial charge >= 0.3 is 0 Å². The number of likely N-dealkylation sites (N-methyl/N-ethyl adjacent to an activating group) is 1. The smallest absolute Gasteiger partial charge is 0.264 e. The standard InChI is InChI=1S/C48H60N4O8Si/c1-7-59-37-18-22-41-34(27-37)28-40(49-23-11-12-25-53)46(56)52(41)35-15-21-42-39(29-35)48(47(57)50(42)3)32(2)45(61(5,6)38-19-16-36(58-4)17-20-38)43(60-48)30-44(55)51(24-26-54)31-33-13-9-8-10-14-33/h8-10,13-22,27,29,32,40,43,45,49,53-54H,7,11-12,23-26,28,30-31H2,1-6H3/t32-,40?,43+,45-,48+/m0/s1. The third-order valence-electron chi connectivity index (χ3n) is 13.0. The van der Waals surface area contributed by atoms with E-state index in [0.717, 1.165) is 39.9 Å². The largest absolute Gasteiger partial charge is 0.497 e. The highest BCUT2D eigenvalue weighted by Crippen LogP contribution is 2.60. The number of ether oxygens (including phenoxy) is 3. The number of aliphatic hydroxyl groups is 2. The van der Waals surface area contributed by atoms with Crippen molar-refractivity contribution >= 4 is 48.0 Å². The lowest BCUT2D eigenvalue weighted by Crippen LogP contribution is -2.52. The van der Waals surface area contributed by atoms with E-state index in [2.05, 4.69) is 37.5 Å². The van der Waals surface area contributed by atoms with Crippen molar-refractivity contribution < 1.29 is 38.8 Å². The van der Waals surface area contributed by atoms with Crippen molar-refractivity contribution in [2.45, 2.75) is 82.5 Å². The molecule has 12 nitrogen and oxygen atoms in total. The summed E-state index contributed by atoms with van der Waals surface area (Å²) in [5.41, 5.74) is 2.95. The second-order valence-corrected chi connectivity index (χ2v) is 21.7. The normalized spacial score (nSPS) is 22.1. The second-order valence-electron chi connectivity index (χ2n) is 17.0. The third-order valence-corrected chi connectivity index (χ3v) is 17.4. The number of carbonyl (C=O) groups is 3. The van der Waals surface area contributed by atoms with E-state index < -0.39 is 25.8 Å². The molecule has 0 radical (unpaired) electrons. The Balaban J connectivity index is 1.31. The minimum absolute atomic E-state index is 0.0198. The predicted molar refractivity (Wildman–Crippen MR) is 240 cm³/mol. The van der Waals surface area contributed by atoms with Gasteiger partial charge in [0, 0.05) is 43.9 Å². The number of methoxy groups -OCH3 is 1. The maximum absolute atomic E-state index is 15.0. The Kier molecular flexibility index (Phi) is 13.4. The fraction of sp³-hybridized carbons (Fsp3) is 0.438. The Morgan fingerprint density at radius 2 is 1.67 bits per heavy atom. The highest BCUT2D eigenvalue weighted by atomic mass is 28.3. The highest BCUT2D eigenvalue weighted by molar-refractivity contribution is 6.91. The number of hydrogen-bond acceptors (Lipinski definition) is 9. The molecule has 1 saturated heterocycles. The molecule has 5 atom stereocenters. The van der Waals surface area contributed by atoms with E-state index in [-0.39, 0.29) is 55.4 Å². The molecule has 3 aliphatic rings. The number of amides is 3. The number of benzene rings is 4. The molecule has 7 rings (SSSR count). The van der Waals surface area contributed by atoms with Crippen LogP contribution in [0.15, 0.2) is 91.0 Å². The monoisotopic (exact) mass is 848 g/mol. The third kappa shape index (κ3) is 8.33. The number of rotatable bonds is 17. The van der Waals surface area contributed by atoms with Crippen molar-refractivity contribution in [2.24, 2.45) is 5.92 Å². The molecule has 324 valence electrons. The van der Waals surface area contributed by atoms with E-state index in [0.29, 0.717) is 49.5 Å². The first-order valence-corrected chi connectivity index (χ1v) is 24.6. The van der Waals surface area contributed by atoms with Crippen LogP contribution in [-0.2, 0) is 37.7 Å². The molecule has 1 unspecified atom stereocenters. The summed E-state index contributed by atoms with van der Waals surface area (Å²) in [6.45, 7) is 10.0. The summed E-state index contributed by atoms with van der Waals surface area (Å²) in [6, 6.07) is 28.8. The van der Waals surface area contributed by atoms with Gasteiger partial charge in [0.25, 0.3) is 5.91 Å². The molecule has 0 saturated carbocycles. The molecule has 3 N–H and O–H groups in total. The SMILES string of the molecule is CCOc1ccc2c(c1)CC(NCCCCO)C(=O)N2c1ccc2c(c1)[C@@]1(O[C@H](CC(=O)N(CCO)Cc3ccccc3)[C@@H]([Si](C)(C)c3ccc(OC)cc3)[C@@H]1C)C(=O)N2C. The Morgan fingerprint density at radius 1 is 0.951 bits per heavy atom. The van der Waals surface area contributed by atoms with Gasteiger partial charge in [-0.25, -0.2) is 0 Å². The van der Waals surface area contributed by atoms with Crippen LogP contribution in [0.25, 0.3) is 0 Å². The first-order valence-electron chi connectivity index (χ1n) is 21.5. The summed E-state index contributed by atoms with van der Waals surface area (Å²) < 4.78 is 18.7. The Bertz CT molecular complexity index is 2200. The number of aliphatic hydroxyl groups excluding tert-OH is 2. The highest BCUT2D eigenvalue weighted by Gasteiger charge is 2.66. The maximum Gasteiger partial charge on any atom is 0.264 e. The summed E-state index contributed by atoms with van der Waals surface area (Å²) in [4.78, 5) is 49.1. The van der Waals surface area contributed by atoms with Gasteiger partial charge in [0.05, 0.1) is 58.3 Å². The summed E-state index contributed by atoms with van der Waals surface area (Å²) in [6.07, 6.45) is 1.21. The van der Waals surface area contributed by atoms with Gasteiger partial charge in [-0.15, -0.1) is 0 Å². The lowest BCUT2D eigenvalue weighted by atomic mass is 9.82. The van der Waals surface area contributed by atoms with E-state index in [1.165, 1.54) is 0 Å². The molecular weight excluding hydrogens is 789 g/mol. The minimum Gasteiger partial charge on any atom is -0.497 e. The Labute approximate surface area is 360 Å². The first-order chi connectivity index (χ1) is 29.4. The van der Waals surface area contributed by atoms with Crippen molar-refractivity contribution in [3.05, 3.63) is 108 Å². The van der Waals surface area contributed by atoms with Gasteiger partial charge in [0.1, 0.15) is 11.5 Å². The molecule has 0 aromatic heterocycles. The van der Waals surface area contributed by atoms with Crippen LogP contribution >= 0.6 is 0 Å². The molecule has 1 spiro atoms. The van der Waals surface area contributed by atoms with Crippen LogP contribution in [0.4, 0.5) is 17.1 Å². The van der Waals surface area contributed by atoms with Gasteiger partial charge in [-0.1, -0.05) is 67.7 Å². The first kappa shape index (κ1) is 44.0. The van der Waals surface area contributed by atoms with Crippen LogP contribution in [-0.4, -0.2) is 100 Å². The second kappa shape index (κ2) is 18.5. The van der Waals surface area contributed by atoms with E-state index >= 15 is 4.79 Å². The number of nitrogens with zero attached hydrogens (tertiary/aromatic N) is 3. The quantitative estimate of drug-likeness (QED) is 0.0909. The molecule has 0 aliphatic carbocycles. The van der Waals surface area contributed by atoms with Crippen molar-refractivity contribution in [2.75, 3.05) is 56.9 Å². The van der Waals surface area contributed by atoms with E-state index in [4.69, 9.17) is 14.2 Å². The van der Waals surface area contributed by atoms with Crippen LogP contribution in [0.3, 0.4) is 0 Å². The fourth-order valence-corrected chi connectivity index (χ4v) is 14.0. The fourth-order valence-electron chi connectivity index (χ4n) is 9.98. The molecule has 3 aliphatic heterocycles. The van der Waals surface area contributed by atoms with E-state index in [9.17, 15) is 19.8 Å². The predicted octanol–water partition coefficient (Wildman–Crippen LogP) is 5.65. The van der Waals surface area contributed by atoms with Crippen LogP contribution in [0.1, 0.15) is 49.8 Å². The Morgan fingerprint density at radius 3 is 2.36 bits per heavy atom. The number of unbranched alkanes of at least 4 members (excludes halogenated alkanes) is 1. The van der Waals surface area contributed by atoms with Gasteiger partial charge in [-0.3, -0.25) is 19.3 Å². The number of hydrogen-bond donors (Lipinski definition) is 3. The van der Waals surface area contributed by atoms with Gasteiger partial charge in [-0.05, 0) is 97.9 Å². The van der Waals surface area contributed by atoms with Crippen LogP contribution < -0.4 is 29.8 Å². The Hall–Kier alpha value is -5.05. The summed E-state index contributed by atoms with van der Waals surface area (Å²) in [5, 5.41) is 24.1. The maximum atomic E-state index is 15.0. The molecule has 0 bridgehead atoms. The van der Waals surface area contributed by atoms with Crippen molar-refractivity contribution in [3.8, 4) is 11.5 Å².